The first-order valence-electron chi connectivity index (χ1n) is 8.42. The largest absolute Gasteiger partial charge is 0.347 e. The number of carbonyl (C=O) groups is 1. The van der Waals surface area contributed by atoms with E-state index in [1.165, 1.54) is 11.6 Å². The highest BCUT2D eigenvalue weighted by Gasteiger charge is 2.23. The number of amides is 1. The number of H-pyrrole nitrogens is 2. The fourth-order valence-electron chi connectivity index (χ4n) is 2.85. The fraction of sp³-hybridized carbons (Fsp3) is 0.333. The van der Waals surface area contributed by atoms with Crippen LogP contribution in [-0.4, -0.2) is 25.4 Å². The van der Waals surface area contributed by atoms with Gasteiger partial charge in [0.2, 0.25) is 5.91 Å². The van der Waals surface area contributed by atoms with Crippen LogP contribution in [0.25, 0.3) is 11.2 Å². The van der Waals surface area contributed by atoms with Crippen molar-refractivity contribution in [2.75, 3.05) is 0 Å². The minimum absolute atomic E-state index is 0.133. The number of benzene rings is 1. The van der Waals surface area contributed by atoms with Gasteiger partial charge in [-0.25, -0.2) is 9.78 Å². The zero-order valence-corrected chi connectivity index (χ0v) is 16.8. The molecule has 3 rings (SSSR count). The minimum Gasteiger partial charge on any atom is -0.347 e. The molecule has 27 heavy (non-hydrogen) atoms. The number of nitrogens with one attached hydrogen (secondary N) is 3. The number of imidazole rings is 1. The van der Waals surface area contributed by atoms with Gasteiger partial charge in [0.25, 0.3) is 5.56 Å². The monoisotopic (exact) mass is 433 g/mol. The first-order valence-corrected chi connectivity index (χ1v) is 9.21. The molecule has 0 radical (unpaired) electrons. The maximum Gasteiger partial charge on any atom is 0.329 e. The van der Waals surface area contributed by atoms with Crippen molar-refractivity contribution in [3.8, 4) is 0 Å². The number of hydrogen-bond acceptors (Lipinski definition) is 4. The van der Waals surface area contributed by atoms with Crippen LogP contribution in [0.1, 0.15) is 31.7 Å². The summed E-state index contributed by atoms with van der Waals surface area (Å²) in [5.41, 5.74) is -0.0826. The third-order valence-corrected chi connectivity index (χ3v) is 4.94. The summed E-state index contributed by atoms with van der Waals surface area (Å²) in [5.74, 6) is 0.347. The van der Waals surface area contributed by atoms with Crippen molar-refractivity contribution in [2.45, 2.75) is 32.2 Å². The molecular weight excluding hydrogens is 414 g/mol. The Balaban J connectivity index is 1.70. The van der Waals surface area contributed by atoms with E-state index < -0.39 is 16.8 Å². The first kappa shape index (κ1) is 19.1. The van der Waals surface area contributed by atoms with Gasteiger partial charge in [0, 0.05) is 24.4 Å². The lowest BCUT2D eigenvalue weighted by Crippen LogP contribution is -2.41. The molecule has 142 valence electrons. The van der Waals surface area contributed by atoms with Gasteiger partial charge in [0.05, 0.1) is 5.54 Å². The second kappa shape index (κ2) is 7.15. The summed E-state index contributed by atoms with van der Waals surface area (Å²) >= 11 is 3.40. The predicted molar refractivity (Wildman–Crippen MR) is 106 cm³/mol. The Morgan fingerprint density at radius 3 is 2.56 bits per heavy atom. The van der Waals surface area contributed by atoms with E-state index in [2.05, 4.69) is 36.2 Å². The molecule has 0 aliphatic heterocycles. The van der Waals surface area contributed by atoms with Gasteiger partial charge in [-0.15, -0.1) is 0 Å². The Morgan fingerprint density at radius 1 is 1.22 bits per heavy atom. The molecule has 8 nitrogen and oxygen atoms in total. The molecule has 2 aromatic heterocycles. The predicted octanol–water partition coefficient (Wildman–Crippen LogP) is 1.70. The van der Waals surface area contributed by atoms with Crippen LogP contribution in [0.5, 0.6) is 0 Å². The Kier molecular flexibility index (Phi) is 5.05. The lowest BCUT2D eigenvalue weighted by atomic mass is 9.94. The van der Waals surface area contributed by atoms with E-state index in [1.807, 2.05) is 38.1 Å². The SMILES string of the molecule is Cn1c(=O)[nH]c(=O)c2[nH]c(CCC(=O)NC(C)(C)c3ccc(Br)cc3)nc21. The standard InChI is InChI=1S/C18H20BrN5O3/c1-18(2,10-4-6-11(19)7-5-10)23-13(25)9-8-12-20-14-15(21-12)24(3)17(27)22-16(14)26/h4-7H,8-9H2,1-3H3,(H,20,21)(H,23,25)(H,22,26,27). The highest BCUT2D eigenvalue weighted by atomic mass is 79.9. The number of aromatic nitrogens is 4. The van der Waals surface area contributed by atoms with Crippen molar-refractivity contribution < 1.29 is 4.79 Å². The molecule has 3 N–H and O–H groups in total. The summed E-state index contributed by atoms with van der Waals surface area (Å²) < 4.78 is 2.23. The Hall–Kier alpha value is -2.68. The van der Waals surface area contributed by atoms with E-state index >= 15 is 0 Å². The van der Waals surface area contributed by atoms with Gasteiger partial charge in [0.1, 0.15) is 11.3 Å². The molecule has 9 heteroatoms. The molecule has 0 aliphatic rings. The molecule has 1 aromatic carbocycles. The quantitative estimate of drug-likeness (QED) is 0.567. The first-order chi connectivity index (χ1) is 12.7. The maximum absolute atomic E-state index is 12.4. The van der Waals surface area contributed by atoms with E-state index in [4.69, 9.17) is 0 Å². The zero-order chi connectivity index (χ0) is 19.8. The van der Waals surface area contributed by atoms with Gasteiger partial charge in [-0.3, -0.25) is 19.1 Å². The van der Waals surface area contributed by atoms with Gasteiger partial charge in [-0.2, -0.15) is 0 Å². The van der Waals surface area contributed by atoms with Crippen LogP contribution < -0.4 is 16.6 Å². The molecule has 0 saturated carbocycles. The molecule has 0 unspecified atom stereocenters. The average Bonchev–Trinajstić information content (AvgIpc) is 3.03. The van der Waals surface area contributed by atoms with Crippen LogP contribution in [-0.2, 0) is 23.8 Å². The molecule has 0 bridgehead atoms. The second-order valence-electron chi connectivity index (χ2n) is 6.88. The lowest BCUT2D eigenvalue weighted by molar-refractivity contribution is -0.122. The molecular formula is C18H20BrN5O3. The number of fused-ring (bicyclic) bond motifs is 1. The molecule has 0 aliphatic carbocycles. The molecule has 3 aromatic rings. The number of rotatable bonds is 5. The summed E-state index contributed by atoms with van der Waals surface area (Å²) in [4.78, 5) is 45.2. The van der Waals surface area contributed by atoms with Gasteiger partial charge in [-0.05, 0) is 31.5 Å². The van der Waals surface area contributed by atoms with Crippen LogP contribution in [0, 0.1) is 0 Å². The number of hydrogen-bond donors (Lipinski definition) is 3. The minimum atomic E-state index is -0.528. The van der Waals surface area contributed by atoms with E-state index in [9.17, 15) is 14.4 Å². The highest BCUT2D eigenvalue weighted by Crippen LogP contribution is 2.22. The summed E-state index contributed by atoms with van der Waals surface area (Å²) in [6.07, 6.45) is 0.524. The molecule has 0 saturated heterocycles. The molecule has 2 heterocycles. The summed E-state index contributed by atoms with van der Waals surface area (Å²) in [6.45, 7) is 3.87. The van der Waals surface area contributed by atoms with Crippen molar-refractivity contribution in [1.82, 2.24) is 24.8 Å². The van der Waals surface area contributed by atoms with Crippen LogP contribution in [0.2, 0.25) is 0 Å². The molecule has 0 spiro atoms. The average molecular weight is 434 g/mol. The number of nitrogens with zero attached hydrogens (tertiary/aromatic N) is 2. The van der Waals surface area contributed by atoms with Gasteiger partial charge in [0.15, 0.2) is 5.65 Å². The van der Waals surface area contributed by atoms with E-state index in [-0.39, 0.29) is 23.5 Å². The third kappa shape index (κ3) is 4.02. The number of aryl methyl sites for hydroxylation is 2. The Morgan fingerprint density at radius 2 is 1.89 bits per heavy atom. The highest BCUT2D eigenvalue weighted by molar-refractivity contribution is 9.10. The third-order valence-electron chi connectivity index (χ3n) is 4.41. The number of carbonyl (C=O) groups excluding carboxylic acids is 1. The van der Waals surface area contributed by atoms with Crippen molar-refractivity contribution in [3.63, 3.8) is 0 Å². The van der Waals surface area contributed by atoms with Crippen LogP contribution >= 0.6 is 15.9 Å². The normalized spacial score (nSPS) is 11.7. The Bertz CT molecular complexity index is 1110. The number of aromatic amines is 2. The van der Waals surface area contributed by atoms with Crippen molar-refractivity contribution in [1.29, 1.82) is 0 Å². The van der Waals surface area contributed by atoms with Crippen LogP contribution in [0.15, 0.2) is 38.3 Å². The fourth-order valence-corrected chi connectivity index (χ4v) is 3.12. The zero-order valence-electron chi connectivity index (χ0n) is 15.2. The van der Waals surface area contributed by atoms with Crippen LogP contribution in [0.3, 0.4) is 0 Å². The smallest absolute Gasteiger partial charge is 0.329 e. The van der Waals surface area contributed by atoms with E-state index in [0.717, 1.165) is 10.0 Å². The van der Waals surface area contributed by atoms with Crippen molar-refractivity contribution in [3.05, 3.63) is 61.0 Å². The Labute approximate surface area is 163 Å². The topological polar surface area (TPSA) is 113 Å². The number of halogens is 1. The summed E-state index contributed by atoms with van der Waals surface area (Å²) in [6, 6.07) is 7.77. The second-order valence-corrected chi connectivity index (χ2v) is 7.80. The maximum atomic E-state index is 12.4. The molecule has 0 fully saturated rings. The van der Waals surface area contributed by atoms with Gasteiger partial charge in [-0.1, -0.05) is 28.1 Å². The van der Waals surface area contributed by atoms with Crippen LogP contribution in [0.4, 0.5) is 0 Å². The molecule has 0 atom stereocenters. The summed E-state index contributed by atoms with van der Waals surface area (Å²) in [5, 5.41) is 3.01. The van der Waals surface area contributed by atoms with Crippen molar-refractivity contribution >= 4 is 33.0 Å². The van der Waals surface area contributed by atoms with E-state index in [1.54, 1.807) is 0 Å². The van der Waals surface area contributed by atoms with Gasteiger partial charge >= 0.3 is 5.69 Å². The summed E-state index contributed by atoms with van der Waals surface area (Å²) in [7, 11) is 1.53. The van der Waals surface area contributed by atoms with Gasteiger partial charge < -0.3 is 10.3 Å². The van der Waals surface area contributed by atoms with E-state index in [0.29, 0.717) is 12.2 Å². The lowest BCUT2D eigenvalue weighted by Gasteiger charge is -2.27. The molecule has 1 amide bonds. The van der Waals surface area contributed by atoms with Crippen molar-refractivity contribution in [2.24, 2.45) is 7.05 Å².